The van der Waals surface area contributed by atoms with Crippen molar-refractivity contribution in [1.82, 2.24) is 4.31 Å². The highest BCUT2D eigenvalue weighted by atomic mass is 35.5. The molecule has 5 nitrogen and oxygen atoms in total. The molecule has 1 fully saturated rings. The Morgan fingerprint density at radius 3 is 2.56 bits per heavy atom. The lowest BCUT2D eigenvalue weighted by Crippen LogP contribution is -2.41. The van der Waals surface area contributed by atoms with Gasteiger partial charge in [-0.05, 0) is 42.5 Å². The molecule has 0 atom stereocenters. The van der Waals surface area contributed by atoms with Crippen molar-refractivity contribution in [2.75, 3.05) is 18.4 Å². The molecule has 1 aromatic heterocycles. The van der Waals surface area contributed by atoms with Gasteiger partial charge in [0, 0.05) is 29.4 Å². The summed E-state index contributed by atoms with van der Waals surface area (Å²) < 4.78 is 26.9. The molecule has 25 heavy (non-hydrogen) atoms. The van der Waals surface area contributed by atoms with Crippen molar-refractivity contribution in [2.24, 2.45) is 5.92 Å². The van der Waals surface area contributed by atoms with Crippen molar-refractivity contribution in [3.05, 3.63) is 45.1 Å². The second-order valence-corrected chi connectivity index (χ2v) is 9.28. The van der Waals surface area contributed by atoms with Crippen LogP contribution in [0.2, 0.25) is 10.0 Å². The van der Waals surface area contributed by atoms with Crippen molar-refractivity contribution in [3.8, 4) is 0 Å². The molecule has 3 rings (SSSR count). The molecule has 2 heterocycles. The molecular formula is C16H16Cl2N2O3S2. The topological polar surface area (TPSA) is 66.5 Å². The first-order valence-electron chi connectivity index (χ1n) is 7.66. The zero-order valence-electron chi connectivity index (χ0n) is 13.1. The zero-order valence-corrected chi connectivity index (χ0v) is 16.3. The number of anilines is 1. The minimum atomic E-state index is -3.73. The molecule has 0 aliphatic carbocycles. The van der Waals surface area contributed by atoms with E-state index in [0.29, 0.717) is 17.9 Å². The van der Waals surface area contributed by atoms with E-state index in [-0.39, 0.29) is 34.8 Å². The maximum Gasteiger partial charge on any atom is 0.244 e. The molecule has 2 aromatic rings. The van der Waals surface area contributed by atoms with E-state index >= 15 is 0 Å². The Morgan fingerprint density at radius 1 is 1.20 bits per heavy atom. The molecule has 0 saturated carbocycles. The van der Waals surface area contributed by atoms with Gasteiger partial charge in [0.15, 0.2) is 0 Å². The summed E-state index contributed by atoms with van der Waals surface area (Å²) in [6.45, 7) is 0.541. The summed E-state index contributed by atoms with van der Waals surface area (Å²) in [5.41, 5.74) is 0.774. The smallest absolute Gasteiger partial charge is 0.244 e. The molecule has 1 aliphatic heterocycles. The molecule has 0 radical (unpaired) electrons. The van der Waals surface area contributed by atoms with Gasteiger partial charge in [-0.3, -0.25) is 4.79 Å². The van der Waals surface area contributed by atoms with Crippen LogP contribution in [0.15, 0.2) is 39.9 Å². The zero-order chi connectivity index (χ0) is 18.0. The second kappa shape index (κ2) is 7.63. The molecular weight excluding hydrogens is 403 g/mol. The molecule has 1 aliphatic rings. The van der Waals surface area contributed by atoms with Gasteiger partial charge in [-0.15, -0.1) is 0 Å². The summed E-state index contributed by atoms with van der Waals surface area (Å²) in [6, 6.07) is 6.21. The van der Waals surface area contributed by atoms with E-state index in [1.165, 1.54) is 27.8 Å². The minimum Gasteiger partial charge on any atom is -0.325 e. The lowest BCUT2D eigenvalue weighted by Gasteiger charge is -2.30. The Morgan fingerprint density at radius 2 is 1.92 bits per heavy atom. The number of hydrogen-bond donors (Lipinski definition) is 1. The number of nitrogens with zero attached hydrogens (tertiary/aromatic N) is 1. The quantitative estimate of drug-likeness (QED) is 0.812. The van der Waals surface area contributed by atoms with Gasteiger partial charge in [0.05, 0.1) is 10.7 Å². The molecule has 1 amide bonds. The van der Waals surface area contributed by atoms with Crippen molar-refractivity contribution in [3.63, 3.8) is 0 Å². The largest absolute Gasteiger partial charge is 0.325 e. The third-order valence-electron chi connectivity index (χ3n) is 4.12. The van der Waals surface area contributed by atoms with Crippen molar-refractivity contribution >= 4 is 56.2 Å². The third-order valence-corrected chi connectivity index (χ3v) is 7.42. The first kappa shape index (κ1) is 18.7. The van der Waals surface area contributed by atoms with Crippen LogP contribution in [0.25, 0.3) is 0 Å². The van der Waals surface area contributed by atoms with Crippen LogP contribution in [0.3, 0.4) is 0 Å². The molecule has 1 N–H and O–H groups in total. The number of nitrogens with one attached hydrogen (secondary N) is 1. The lowest BCUT2D eigenvalue weighted by molar-refractivity contribution is -0.120. The molecule has 1 saturated heterocycles. The van der Waals surface area contributed by atoms with Crippen molar-refractivity contribution < 1.29 is 13.2 Å². The number of piperidine rings is 1. The number of thiophene rings is 1. The molecule has 1 aromatic carbocycles. The molecule has 134 valence electrons. The van der Waals surface area contributed by atoms with E-state index in [1.54, 1.807) is 6.07 Å². The van der Waals surface area contributed by atoms with Gasteiger partial charge in [-0.2, -0.15) is 15.6 Å². The van der Waals surface area contributed by atoms with Gasteiger partial charge in [-0.1, -0.05) is 23.2 Å². The Balaban J connectivity index is 1.67. The van der Waals surface area contributed by atoms with Gasteiger partial charge >= 0.3 is 0 Å². The van der Waals surface area contributed by atoms with Crippen molar-refractivity contribution in [1.29, 1.82) is 0 Å². The van der Waals surface area contributed by atoms with E-state index in [2.05, 4.69) is 5.32 Å². The number of amides is 1. The van der Waals surface area contributed by atoms with Gasteiger partial charge in [0.25, 0.3) is 0 Å². The Bertz CT molecular complexity index is 862. The first-order valence-corrected chi connectivity index (χ1v) is 10.8. The number of hydrogen-bond acceptors (Lipinski definition) is 4. The summed E-state index contributed by atoms with van der Waals surface area (Å²) in [6.07, 6.45) is 0.931. The van der Waals surface area contributed by atoms with Crippen LogP contribution in [-0.4, -0.2) is 31.7 Å². The van der Waals surface area contributed by atoms with Crippen LogP contribution in [0.4, 0.5) is 5.69 Å². The summed E-state index contributed by atoms with van der Waals surface area (Å²) in [4.78, 5) is 12.3. The predicted molar refractivity (Wildman–Crippen MR) is 101 cm³/mol. The SMILES string of the molecule is O=C(Nc1ccsc1)C1CCN(S(=O)(=O)c2cc(Cl)ccc2Cl)CC1. The van der Waals surface area contributed by atoms with Crippen molar-refractivity contribution in [2.45, 2.75) is 17.7 Å². The van der Waals surface area contributed by atoms with Crippen LogP contribution >= 0.6 is 34.5 Å². The Hall–Kier alpha value is -1.12. The fourth-order valence-corrected chi connectivity index (χ4v) is 5.55. The molecule has 0 bridgehead atoms. The first-order chi connectivity index (χ1) is 11.9. The van der Waals surface area contributed by atoms with Crippen LogP contribution in [0, 0.1) is 5.92 Å². The maximum absolute atomic E-state index is 12.8. The van der Waals surface area contributed by atoms with Gasteiger partial charge in [0.2, 0.25) is 15.9 Å². The van der Waals surface area contributed by atoms with Gasteiger partial charge in [-0.25, -0.2) is 8.42 Å². The minimum absolute atomic E-state index is 0.00263. The standard InChI is InChI=1S/C16H16Cl2N2O3S2/c17-12-1-2-14(18)15(9-12)25(22,23)20-6-3-11(4-7-20)16(21)19-13-5-8-24-10-13/h1-2,5,8-11H,3-4,6-7H2,(H,19,21). The van der Waals surface area contributed by atoms with Crippen LogP contribution in [-0.2, 0) is 14.8 Å². The Labute approximate surface area is 160 Å². The van der Waals surface area contributed by atoms with E-state index in [0.717, 1.165) is 5.69 Å². The average Bonchev–Trinajstić information content (AvgIpc) is 3.10. The van der Waals surface area contributed by atoms with Gasteiger partial charge < -0.3 is 5.32 Å². The van der Waals surface area contributed by atoms with E-state index in [1.807, 2.05) is 16.8 Å². The monoisotopic (exact) mass is 418 g/mol. The number of halogens is 2. The molecule has 0 spiro atoms. The summed E-state index contributed by atoms with van der Waals surface area (Å²) >= 11 is 13.4. The van der Waals surface area contributed by atoms with Crippen LogP contribution in [0.1, 0.15) is 12.8 Å². The normalized spacial score (nSPS) is 16.7. The molecule has 0 unspecified atom stereocenters. The fraction of sp³-hybridized carbons (Fsp3) is 0.312. The van der Waals surface area contributed by atoms with E-state index < -0.39 is 10.0 Å². The number of carbonyl (C=O) groups is 1. The van der Waals surface area contributed by atoms with Crippen LogP contribution in [0.5, 0.6) is 0 Å². The fourth-order valence-electron chi connectivity index (χ4n) is 2.75. The third kappa shape index (κ3) is 4.17. The lowest BCUT2D eigenvalue weighted by atomic mass is 9.97. The number of sulfonamides is 1. The highest BCUT2D eigenvalue weighted by Crippen LogP contribution is 2.30. The summed E-state index contributed by atoms with van der Waals surface area (Å²) in [5, 5.41) is 7.06. The average molecular weight is 419 g/mol. The van der Waals surface area contributed by atoms with E-state index in [9.17, 15) is 13.2 Å². The predicted octanol–water partition coefficient (Wildman–Crippen LogP) is 4.09. The number of rotatable bonds is 4. The molecule has 9 heteroatoms. The van der Waals surface area contributed by atoms with Crippen LogP contribution < -0.4 is 5.32 Å². The summed E-state index contributed by atoms with van der Waals surface area (Å²) in [7, 11) is -3.73. The highest BCUT2D eigenvalue weighted by Gasteiger charge is 2.33. The highest BCUT2D eigenvalue weighted by molar-refractivity contribution is 7.89. The van der Waals surface area contributed by atoms with E-state index in [4.69, 9.17) is 23.2 Å². The Kier molecular flexibility index (Phi) is 5.70. The van der Waals surface area contributed by atoms with Gasteiger partial charge in [0.1, 0.15) is 4.90 Å². The summed E-state index contributed by atoms with van der Waals surface area (Å²) in [5.74, 6) is -0.280. The number of carbonyl (C=O) groups excluding carboxylic acids is 1. The second-order valence-electron chi connectivity index (χ2n) is 5.75. The number of benzene rings is 1. The maximum atomic E-state index is 12.8.